The Balaban J connectivity index is 1.60. The molecule has 2 amide bonds. The van der Waals surface area contributed by atoms with Gasteiger partial charge in [-0.25, -0.2) is 4.98 Å². The molecule has 1 fully saturated rings. The van der Waals surface area contributed by atoms with Crippen molar-refractivity contribution in [1.82, 2.24) is 20.2 Å². The molecule has 2 heterocycles. The molecule has 2 aliphatic rings. The minimum atomic E-state index is -4.56. The highest BCUT2D eigenvalue weighted by Crippen LogP contribution is 2.46. The number of amides is 2. The number of aromatic nitrogens is 2. The molecule has 1 aromatic carbocycles. The predicted molar refractivity (Wildman–Crippen MR) is 130 cm³/mol. The molecule has 1 aromatic heterocycles. The fourth-order valence-electron chi connectivity index (χ4n) is 4.87. The minimum absolute atomic E-state index is 0.0221. The maximum atomic E-state index is 13.5. The summed E-state index contributed by atoms with van der Waals surface area (Å²) < 4.78 is 40.5. The SMILES string of the molecule is CC[C@@H]1c2cc(Nc3ncc(C(F)(F)F)c(NC4CCC4)n3)ccc2[C@H](CC)N1C(=O)CNC(C)=O. The van der Waals surface area contributed by atoms with Crippen LogP contribution in [0, 0.1) is 0 Å². The van der Waals surface area contributed by atoms with Gasteiger partial charge >= 0.3 is 6.18 Å². The van der Waals surface area contributed by atoms with E-state index in [1.54, 1.807) is 0 Å². The number of rotatable bonds is 8. The summed E-state index contributed by atoms with van der Waals surface area (Å²) >= 11 is 0. The van der Waals surface area contributed by atoms with Gasteiger partial charge in [-0.3, -0.25) is 9.59 Å². The number of hydrogen-bond donors (Lipinski definition) is 3. The van der Waals surface area contributed by atoms with E-state index in [0.717, 1.165) is 36.6 Å². The van der Waals surface area contributed by atoms with Crippen LogP contribution in [0.5, 0.6) is 0 Å². The Bertz CT molecular complexity index is 1140. The highest BCUT2D eigenvalue weighted by Gasteiger charge is 2.40. The number of alkyl halides is 3. The van der Waals surface area contributed by atoms with Crippen molar-refractivity contribution in [3.05, 3.63) is 41.1 Å². The molecule has 2 atom stereocenters. The molecule has 36 heavy (non-hydrogen) atoms. The third-order valence-corrected chi connectivity index (χ3v) is 6.82. The standard InChI is InChI=1S/C25H31F3N6O2/c1-4-20-17-10-9-16(11-18(17)21(5-2)34(20)22(36)13-29-14(3)35)32-24-30-12-19(25(26,27)28)23(33-24)31-15-7-6-8-15/h9-12,15,20-21H,4-8,13H2,1-3H3,(H,29,35)(H2,30,31,32,33)/t20-,21+/m0/s1. The van der Waals surface area contributed by atoms with E-state index in [9.17, 15) is 22.8 Å². The first-order valence-electron chi connectivity index (χ1n) is 12.3. The zero-order chi connectivity index (χ0) is 26.0. The predicted octanol–water partition coefficient (Wildman–Crippen LogP) is 5.08. The van der Waals surface area contributed by atoms with Gasteiger partial charge in [0, 0.05) is 24.8 Å². The molecule has 3 N–H and O–H groups in total. The molecule has 1 saturated carbocycles. The summed E-state index contributed by atoms with van der Waals surface area (Å²) in [4.78, 5) is 34.2. The first-order valence-corrected chi connectivity index (χ1v) is 12.3. The van der Waals surface area contributed by atoms with Crippen LogP contribution < -0.4 is 16.0 Å². The van der Waals surface area contributed by atoms with Crippen molar-refractivity contribution in [2.45, 2.75) is 77.2 Å². The van der Waals surface area contributed by atoms with E-state index in [1.807, 2.05) is 36.9 Å². The Kier molecular flexibility index (Phi) is 7.37. The average molecular weight is 505 g/mol. The lowest BCUT2D eigenvalue weighted by Gasteiger charge is -2.30. The van der Waals surface area contributed by atoms with Crippen LogP contribution in [0.2, 0.25) is 0 Å². The lowest BCUT2D eigenvalue weighted by Crippen LogP contribution is -2.40. The van der Waals surface area contributed by atoms with Crippen molar-refractivity contribution in [3.8, 4) is 0 Å². The maximum absolute atomic E-state index is 13.5. The lowest BCUT2D eigenvalue weighted by molar-refractivity contribution is -0.137. The van der Waals surface area contributed by atoms with E-state index >= 15 is 0 Å². The normalized spacial score (nSPS) is 19.4. The highest BCUT2D eigenvalue weighted by molar-refractivity contribution is 5.85. The highest BCUT2D eigenvalue weighted by atomic mass is 19.4. The zero-order valence-electron chi connectivity index (χ0n) is 20.6. The van der Waals surface area contributed by atoms with Crippen LogP contribution >= 0.6 is 0 Å². The van der Waals surface area contributed by atoms with Crippen molar-refractivity contribution >= 4 is 29.3 Å². The second-order valence-corrected chi connectivity index (χ2v) is 9.25. The summed E-state index contributed by atoms with van der Waals surface area (Å²) in [6.07, 6.45) is 0.215. The summed E-state index contributed by atoms with van der Waals surface area (Å²) in [6.45, 7) is 5.29. The second kappa shape index (κ2) is 10.3. The van der Waals surface area contributed by atoms with E-state index < -0.39 is 11.7 Å². The van der Waals surface area contributed by atoms with E-state index in [2.05, 4.69) is 25.9 Å². The zero-order valence-corrected chi connectivity index (χ0v) is 20.6. The second-order valence-electron chi connectivity index (χ2n) is 9.25. The van der Waals surface area contributed by atoms with Crippen molar-refractivity contribution in [2.75, 3.05) is 17.2 Å². The van der Waals surface area contributed by atoms with Crippen LogP contribution in [-0.4, -0.2) is 39.3 Å². The Hall–Kier alpha value is -3.37. The first-order chi connectivity index (χ1) is 17.1. The molecule has 194 valence electrons. The van der Waals surface area contributed by atoms with E-state index in [1.165, 1.54) is 6.92 Å². The van der Waals surface area contributed by atoms with Crippen LogP contribution in [0.3, 0.4) is 0 Å². The number of benzene rings is 1. The fourth-order valence-corrected chi connectivity index (χ4v) is 4.87. The average Bonchev–Trinajstić information content (AvgIpc) is 3.12. The molecule has 11 heteroatoms. The maximum Gasteiger partial charge on any atom is 0.421 e. The molecule has 1 aliphatic carbocycles. The van der Waals surface area contributed by atoms with Gasteiger partial charge in [0.15, 0.2) is 0 Å². The van der Waals surface area contributed by atoms with Gasteiger partial charge in [-0.15, -0.1) is 0 Å². The van der Waals surface area contributed by atoms with Gasteiger partial charge in [-0.2, -0.15) is 18.2 Å². The third-order valence-electron chi connectivity index (χ3n) is 6.82. The third kappa shape index (κ3) is 5.24. The molecule has 0 unspecified atom stereocenters. The van der Waals surface area contributed by atoms with Crippen LogP contribution in [-0.2, 0) is 15.8 Å². The van der Waals surface area contributed by atoms with Gasteiger partial charge in [-0.05, 0) is 55.4 Å². The molecule has 1 aliphatic heterocycles. The van der Waals surface area contributed by atoms with Crippen molar-refractivity contribution < 1.29 is 22.8 Å². The molecule has 4 rings (SSSR count). The monoisotopic (exact) mass is 504 g/mol. The number of carbonyl (C=O) groups excluding carboxylic acids is 2. The Morgan fingerprint density at radius 3 is 2.39 bits per heavy atom. The number of nitrogens with zero attached hydrogens (tertiary/aromatic N) is 3. The molecule has 0 saturated heterocycles. The number of anilines is 3. The topological polar surface area (TPSA) is 99.2 Å². The van der Waals surface area contributed by atoms with Gasteiger partial charge in [0.05, 0.1) is 18.6 Å². The minimum Gasteiger partial charge on any atom is -0.367 e. The number of halogens is 3. The van der Waals surface area contributed by atoms with E-state index in [-0.39, 0.29) is 48.3 Å². The molecule has 2 aromatic rings. The Morgan fingerprint density at radius 1 is 1.11 bits per heavy atom. The molecule has 0 radical (unpaired) electrons. The van der Waals surface area contributed by atoms with Crippen LogP contribution in [0.1, 0.15) is 81.6 Å². The van der Waals surface area contributed by atoms with Crippen molar-refractivity contribution in [2.24, 2.45) is 0 Å². The summed E-state index contributed by atoms with van der Waals surface area (Å²) in [5.41, 5.74) is 1.71. The van der Waals surface area contributed by atoms with E-state index in [0.29, 0.717) is 18.5 Å². The number of carbonyl (C=O) groups is 2. The van der Waals surface area contributed by atoms with Crippen molar-refractivity contribution in [3.63, 3.8) is 0 Å². The summed E-state index contributed by atoms with van der Waals surface area (Å²) in [5, 5.41) is 8.52. The molecular formula is C25H31F3N6O2. The van der Waals surface area contributed by atoms with E-state index in [4.69, 9.17) is 0 Å². The van der Waals surface area contributed by atoms with Crippen LogP contribution in [0.4, 0.5) is 30.6 Å². The van der Waals surface area contributed by atoms with Crippen LogP contribution in [0.15, 0.2) is 24.4 Å². The van der Waals surface area contributed by atoms with Gasteiger partial charge in [0.2, 0.25) is 17.8 Å². The fraction of sp³-hybridized carbons (Fsp3) is 0.520. The van der Waals surface area contributed by atoms with Gasteiger partial charge < -0.3 is 20.9 Å². The number of hydrogen-bond acceptors (Lipinski definition) is 6. The quantitative estimate of drug-likeness (QED) is 0.464. The molecule has 8 nitrogen and oxygen atoms in total. The van der Waals surface area contributed by atoms with Gasteiger partial charge in [0.25, 0.3) is 0 Å². The Labute approximate surface area is 208 Å². The lowest BCUT2D eigenvalue weighted by atomic mass is 9.93. The van der Waals surface area contributed by atoms with Crippen molar-refractivity contribution in [1.29, 1.82) is 0 Å². The molecule has 0 bridgehead atoms. The summed E-state index contributed by atoms with van der Waals surface area (Å²) in [5.74, 6) is -0.595. The Morgan fingerprint density at radius 2 is 1.81 bits per heavy atom. The summed E-state index contributed by atoms with van der Waals surface area (Å²) in [6, 6.07) is 5.32. The molecule has 0 spiro atoms. The number of fused-ring (bicyclic) bond motifs is 1. The van der Waals surface area contributed by atoms with Crippen LogP contribution in [0.25, 0.3) is 0 Å². The van der Waals surface area contributed by atoms with Gasteiger partial charge in [0.1, 0.15) is 11.4 Å². The molecular weight excluding hydrogens is 473 g/mol. The summed E-state index contributed by atoms with van der Waals surface area (Å²) in [7, 11) is 0. The largest absolute Gasteiger partial charge is 0.421 e. The first kappa shape index (κ1) is 25.7. The smallest absolute Gasteiger partial charge is 0.367 e. The number of nitrogens with one attached hydrogen (secondary N) is 3. The van der Waals surface area contributed by atoms with Gasteiger partial charge in [-0.1, -0.05) is 19.9 Å².